The van der Waals surface area contributed by atoms with Gasteiger partial charge in [0.25, 0.3) is 0 Å². The van der Waals surface area contributed by atoms with Gasteiger partial charge in [-0.05, 0) is 37.1 Å². The Morgan fingerprint density at radius 2 is 0.971 bits per heavy atom. The van der Waals surface area contributed by atoms with Crippen molar-refractivity contribution >= 4 is 23.9 Å². The van der Waals surface area contributed by atoms with Gasteiger partial charge in [-0.3, -0.25) is 0 Å². The van der Waals surface area contributed by atoms with Crippen molar-refractivity contribution in [1.29, 1.82) is 0 Å². The average molecular weight is 471 g/mol. The second-order valence-electron chi connectivity index (χ2n) is 7.43. The third kappa shape index (κ3) is 8.35. The molecule has 2 atom stereocenters. The molecule has 0 amide bonds. The number of esters is 4. The summed E-state index contributed by atoms with van der Waals surface area (Å²) in [5.74, 6) is -3.76. The monoisotopic (exact) mass is 470 g/mol. The van der Waals surface area contributed by atoms with Crippen molar-refractivity contribution in [1.82, 2.24) is 0 Å². The van der Waals surface area contributed by atoms with Crippen molar-refractivity contribution in [3.8, 4) is 0 Å². The van der Waals surface area contributed by atoms with Crippen LogP contribution in [0.25, 0.3) is 0 Å². The van der Waals surface area contributed by atoms with Crippen molar-refractivity contribution in [2.75, 3.05) is 13.2 Å². The quantitative estimate of drug-likeness (QED) is 0.245. The van der Waals surface area contributed by atoms with Crippen LogP contribution in [0.5, 0.6) is 0 Å². The molecule has 182 valence electrons. The van der Waals surface area contributed by atoms with Gasteiger partial charge in [0.2, 0.25) is 12.2 Å². The van der Waals surface area contributed by atoms with E-state index in [4.69, 9.17) is 18.9 Å². The summed E-state index contributed by atoms with van der Waals surface area (Å²) in [4.78, 5) is 51.2. The zero-order valence-corrected chi connectivity index (χ0v) is 19.4. The molecule has 0 heterocycles. The van der Waals surface area contributed by atoms with Crippen LogP contribution in [0.3, 0.4) is 0 Å². The molecule has 8 heteroatoms. The Morgan fingerprint density at radius 1 is 0.618 bits per heavy atom. The van der Waals surface area contributed by atoms with Crippen LogP contribution in [-0.4, -0.2) is 49.3 Å². The van der Waals surface area contributed by atoms with Gasteiger partial charge in [0.1, 0.15) is 0 Å². The standard InChI is InChI=1S/C26H30O8/c1-3-5-17-31-25(29)21(33-23(27)19-13-9-7-10-14-19)22(26(30)32-18-6-4-2)34-24(28)20-15-11-8-12-16-20/h7-16,21-22H,3-6,17-18H2,1-2H3. The number of rotatable bonds is 13. The zero-order chi connectivity index (χ0) is 24.8. The molecule has 2 unspecified atom stereocenters. The number of carbonyl (C=O) groups excluding carboxylic acids is 4. The zero-order valence-electron chi connectivity index (χ0n) is 19.4. The van der Waals surface area contributed by atoms with Crippen molar-refractivity contribution in [3.63, 3.8) is 0 Å². The van der Waals surface area contributed by atoms with Gasteiger partial charge >= 0.3 is 23.9 Å². The van der Waals surface area contributed by atoms with Crippen molar-refractivity contribution in [2.24, 2.45) is 0 Å². The summed E-state index contributed by atoms with van der Waals surface area (Å²) in [7, 11) is 0. The molecule has 0 aliphatic heterocycles. The predicted molar refractivity (Wildman–Crippen MR) is 123 cm³/mol. The average Bonchev–Trinajstić information content (AvgIpc) is 2.87. The van der Waals surface area contributed by atoms with Crippen LogP contribution in [0.15, 0.2) is 60.7 Å². The molecule has 34 heavy (non-hydrogen) atoms. The summed E-state index contributed by atoms with van der Waals surface area (Å²) in [5, 5.41) is 0. The van der Waals surface area contributed by atoms with E-state index in [0.717, 1.165) is 12.8 Å². The van der Waals surface area contributed by atoms with Crippen molar-refractivity contribution in [2.45, 2.75) is 51.7 Å². The second-order valence-corrected chi connectivity index (χ2v) is 7.43. The van der Waals surface area contributed by atoms with Gasteiger partial charge < -0.3 is 18.9 Å². The molecule has 0 aliphatic carbocycles. The van der Waals surface area contributed by atoms with Gasteiger partial charge in [-0.25, -0.2) is 19.2 Å². The number of benzene rings is 2. The molecule has 0 N–H and O–H groups in total. The fourth-order valence-corrected chi connectivity index (χ4v) is 2.78. The second kappa shape index (κ2) is 14.5. The molecule has 0 saturated heterocycles. The highest BCUT2D eigenvalue weighted by Crippen LogP contribution is 2.16. The van der Waals surface area contributed by atoms with Gasteiger partial charge in [-0.1, -0.05) is 63.1 Å². The summed E-state index contributed by atoms with van der Waals surface area (Å²) in [6.45, 7) is 3.94. The van der Waals surface area contributed by atoms with Crippen LogP contribution in [0.1, 0.15) is 60.2 Å². The number of ether oxygens (including phenoxy) is 4. The van der Waals surface area contributed by atoms with E-state index in [-0.39, 0.29) is 24.3 Å². The highest BCUT2D eigenvalue weighted by molar-refractivity contribution is 5.95. The van der Waals surface area contributed by atoms with Crippen LogP contribution in [0, 0.1) is 0 Å². The fraction of sp³-hybridized carbons (Fsp3) is 0.385. The van der Waals surface area contributed by atoms with E-state index in [0.29, 0.717) is 12.8 Å². The molecule has 0 aromatic heterocycles. The Hall–Kier alpha value is -3.68. The Bertz CT molecular complexity index is 849. The van der Waals surface area contributed by atoms with Crippen molar-refractivity contribution in [3.05, 3.63) is 71.8 Å². The molecular weight excluding hydrogens is 440 g/mol. The predicted octanol–water partition coefficient (Wildman–Crippen LogP) is 4.12. The number of hydrogen-bond donors (Lipinski definition) is 0. The van der Waals surface area contributed by atoms with Gasteiger partial charge in [-0.15, -0.1) is 0 Å². The fourth-order valence-electron chi connectivity index (χ4n) is 2.78. The van der Waals surface area contributed by atoms with Gasteiger partial charge in [0, 0.05) is 0 Å². The highest BCUT2D eigenvalue weighted by atomic mass is 16.6. The minimum absolute atomic E-state index is 0.0545. The largest absolute Gasteiger partial charge is 0.463 e. The van der Waals surface area contributed by atoms with E-state index < -0.39 is 36.1 Å². The summed E-state index contributed by atoms with van der Waals surface area (Å²) in [5.41, 5.74) is 0.308. The lowest BCUT2D eigenvalue weighted by Gasteiger charge is -2.24. The Balaban J connectivity index is 2.33. The van der Waals surface area contributed by atoms with E-state index in [1.54, 1.807) is 36.4 Å². The van der Waals surface area contributed by atoms with Crippen LogP contribution < -0.4 is 0 Å². The minimum atomic E-state index is -1.84. The molecule has 0 bridgehead atoms. The van der Waals surface area contributed by atoms with E-state index in [2.05, 4.69) is 0 Å². The first-order chi connectivity index (χ1) is 16.5. The SMILES string of the molecule is CCCCOC(=O)C(OC(=O)c1ccccc1)C(OC(=O)c1ccccc1)C(=O)OCCCC. The van der Waals surface area contributed by atoms with E-state index in [1.165, 1.54) is 24.3 Å². The lowest BCUT2D eigenvalue weighted by atomic mass is 10.1. The molecule has 0 aliphatic rings. The molecule has 0 radical (unpaired) electrons. The molecule has 8 nitrogen and oxygen atoms in total. The Labute approximate surface area is 199 Å². The lowest BCUT2D eigenvalue weighted by Crippen LogP contribution is -2.47. The number of unbranched alkanes of at least 4 members (excludes halogenated alkanes) is 2. The van der Waals surface area contributed by atoms with Gasteiger partial charge in [-0.2, -0.15) is 0 Å². The number of carbonyl (C=O) groups is 4. The van der Waals surface area contributed by atoms with E-state index in [1.807, 2.05) is 13.8 Å². The first-order valence-electron chi connectivity index (χ1n) is 11.3. The van der Waals surface area contributed by atoms with Gasteiger partial charge in [0.15, 0.2) is 0 Å². The van der Waals surface area contributed by atoms with Crippen LogP contribution in [-0.2, 0) is 28.5 Å². The molecule has 2 rings (SSSR count). The molecule has 0 spiro atoms. The normalized spacial score (nSPS) is 12.2. The maximum absolute atomic E-state index is 12.9. The molecule has 0 saturated carbocycles. The maximum Gasteiger partial charge on any atom is 0.352 e. The van der Waals surface area contributed by atoms with Crippen LogP contribution in [0.4, 0.5) is 0 Å². The third-order valence-corrected chi connectivity index (χ3v) is 4.71. The van der Waals surface area contributed by atoms with Crippen molar-refractivity contribution < 1.29 is 38.1 Å². The first kappa shape index (κ1) is 26.6. The van der Waals surface area contributed by atoms with Crippen LogP contribution >= 0.6 is 0 Å². The molecule has 2 aromatic carbocycles. The summed E-state index contributed by atoms with van der Waals surface area (Å²) in [6.07, 6.45) is -1.03. The van der Waals surface area contributed by atoms with Gasteiger partial charge in [0.05, 0.1) is 24.3 Å². The Morgan fingerprint density at radius 3 is 1.29 bits per heavy atom. The summed E-state index contributed by atoms with van der Waals surface area (Å²) >= 11 is 0. The van der Waals surface area contributed by atoms with Crippen LogP contribution in [0.2, 0.25) is 0 Å². The molecule has 2 aromatic rings. The molecular formula is C26H30O8. The molecule has 0 fully saturated rings. The van der Waals surface area contributed by atoms with E-state index >= 15 is 0 Å². The first-order valence-corrected chi connectivity index (χ1v) is 11.3. The smallest absolute Gasteiger partial charge is 0.352 e. The summed E-state index contributed by atoms with van der Waals surface area (Å²) < 4.78 is 21.1. The maximum atomic E-state index is 12.9. The lowest BCUT2D eigenvalue weighted by molar-refractivity contribution is -0.174. The minimum Gasteiger partial charge on any atom is -0.463 e. The summed E-state index contributed by atoms with van der Waals surface area (Å²) in [6, 6.07) is 15.9. The Kier molecular flexibility index (Phi) is 11.3. The number of hydrogen-bond acceptors (Lipinski definition) is 8. The third-order valence-electron chi connectivity index (χ3n) is 4.71. The highest BCUT2D eigenvalue weighted by Gasteiger charge is 2.43. The van der Waals surface area contributed by atoms with E-state index in [9.17, 15) is 19.2 Å². The topological polar surface area (TPSA) is 105 Å².